The van der Waals surface area contributed by atoms with E-state index in [1.807, 2.05) is 12.2 Å². The van der Waals surface area contributed by atoms with Crippen molar-refractivity contribution in [3.63, 3.8) is 0 Å². The summed E-state index contributed by atoms with van der Waals surface area (Å²) in [6, 6.07) is 4.28. The van der Waals surface area contributed by atoms with Gasteiger partial charge in [0.1, 0.15) is 5.66 Å². The van der Waals surface area contributed by atoms with Crippen molar-refractivity contribution in [1.29, 1.82) is 0 Å². The van der Waals surface area contributed by atoms with E-state index in [1.54, 1.807) is 6.20 Å². The maximum absolute atomic E-state index is 6.40. The van der Waals surface area contributed by atoms with E-state index in [9.17, 15) is 0 Å². The summed E-state index contributed by atoms with van der Waals surface area (Å²) in [5.74, 6) is 0. The second-order valence-electron chi connectivity index (χ2n) is 4.76. The first-order valence-electron chi connectivity index (χ1n) is 5.72. The summed E-state index contributed by atoms with van der Waals surface area (Å²) >= 11 is 0. The largest absolute Gasteiger partial charge is 0.399 e. The lowest BCUT2D eigenvalue weighted by Crippen LogP contribution is -2.49. The Morgan fingerprint density at radius 3 is 2.24 bits per heavy atom. The second kappa shape index (κ2) is 3.93. The van der Waals surface area contributed by atoms with Crippen LogP contribution in [0, 0.1) is 20.8 Å². The van der Waals surface area contributed by atoms with E-state index in [2.05, 4.69) is 38.2 Å². The molecule has 1 aromatic carbocycles. The molecular formula is C14H19N3. The first-order chi connectivity index (χ1) is 7.92. The fraction of sp³-hybridized carbons (Fsp3) is 0.286. The molecule has 90 valence electrons. The molecule has 1 aromatic rings. The van der Waals surface area contributed by atoms with Gasteiger partial charge in [0.05, 0.1) is 0 Å². The lowest BCUT2D eigenvalue weighted by atomic mass is 9.88. The van der Waals surface area contributed by atoms with Gasteiger partial charge in [-0.2, -0.15) is 0 Å². The number of aryl methyl sites for hydroxylation is 3. The molecule has 0 aliphatic carbocycles. The molecular weight excluding hydrogens is 210 g/mol. The van der Waals surface area contributed by atoms with Crippen LogP contribution in [0.4, 0.5) is 0 Å². The van der Waals surface area contributed by atoms with Crippen LogP contribution in [-0.4, -0.2) is 0 Å². The van der Waals surface area contributed by atoms with Crippen LogP contribution >= 0.6 is 0 Å². The molecule has 2 rings (SSSR count). The Morgan fingerprint density at radius 2 is 1.71 bits per heavy atom. The van der Waals surface area contributed by atoms with Crippen LogP contribution in [0.5, 0.6) is 0 Å². The smallest absolute Gasteiger partial charge is 0.134 e. The molecule has 0 saturated carbocycles. The minimum Gasteiger partial charge on any atom is -0.399 e. The molecule has 0 fully saturated rings. The zero-order valence-corrected chi connectivity index (χ0v) is 10.5. The van der Waals surface area contributed by atoms with Gasteiger partial charge in [-0.15, -0.1) is 0 Å². The molecule has 0 amide bonds. The molecule has 1 aliphatic heterocycles. The zero-order chi connectivity index (χ0) is 12.6. The van der Waals surface area contributed by atoms with Crippen molar-refractivity contribution in [1.82, 2.24) is 5.32 Å². The van der Waals surface area contributed by atoms with Crippen molar-refractivity contribution in [3.8, 4) is 0 Å². The quantitative estimate of drug-likeness (QED) is 0.686. The fourth-order valence-corrected chi connectivity index (χ4v) is 2.61. The van der Waals surface area contributed by atoms with Crippen molar-refractivity contribution < 1.29 is 0 Å². The van der Waals surface area contributed by atoms with Gasteiger partial charge in [-0.05, 0) is 44.1 Å². The van der Waals surface area contributed by atoms with Gasteiger partial charge in [0, 0.05) is 17.5 Å². The molecule has 17 heavy (non-hydrogen) atoms. The van der Waals surface area contributed by atoms with E-state index < -0.39 is 5.66 Å². The third-order valence-electron chi connectivity index (χ3n) is 3.08. The molecule has 0 spiro atoms. The van der Waals surface area contributed by atoms with Gasteiger partial charge in [0.2, 0.25) is 0 Å². The van der Waals surface area contributed by atoms with Crippen LogP contribution in [0.3, 0.4) is 0 Å². The van der Waals surface area contributed by atoms with Gasteiger partial charge in [-0.3, -0.25) is 0 Å². The van der Waals surface area contributed by atoms with E-state index in [0.29, 0.717) is 5.70 Å². The molecule has 1 unspecified atom stereocenters. The molecule has 1 atom stereocenters. The molecule has 0 aromatic heterocycles. The van der Waals surface area contributed by atoms with Crippen LogP contribution in [0.2, 0.25) is 0 Å². The molecule has 0 bridgehead atoms. The number of dihydropyridines is 1. The predicted octanol–water partition coefficient (Wildman–Crippen LogP) is 1.68. The minimum absolute atomic E-state index is 0.686. The first-order valence-corrected chi connectivity index (χ1v) is 5.72. The molecule has 5 N–H and O–H groups in total. The molecule has 3 heteroatoms. The van der Waals surface area contributed by atoms with E-state index in [1.165, 1.54) is 16.7 Å². The number of nitrogens with one attached hydrogen (secondary N) is 1. The third-order valence-corrected chi connectivity index (χ3v) is 3.08. The highest BCUT2D eigenvalue weighted by Crippen LogP contribution is 2.28. The Morgan fingerprint density at radius 1 is 1.12 bits per heavy atom. The Balaban J connectivity index is 2.58. The van der Waals surface area contributed by atoms with Gasteiger partial charge >= 0.3 is 0 Å². The average Bonchev–Trinajstić information content (AvgIpc) is 2.14. The van der Waals surface area contributed by atoms with Crippen molar-refractivity contribution in [2.24, 2.45) is 11.5 Å². The molecule has 0 saturated heterocycles. The SMILES string of the molecule is Cc1cc(C)c(C2(N)C=C(N)C=CN2)c(C)c1. The Bertz CT molecular complexity index is 491. The molecule has 0 radical (unpaired) electrons. The van der Waals surface area contributed by atoms with Crippen molar-refractivity contribution in [2.45, 2.75) is 26.4 Å². The molecule has 1 heterocycles. The van der Waals surface area contributed by atoms with Gasteiger partial charge in [-0.1, -0.05) is 17.7 Å². The van der Waals surface area contributed by atoms with E-state index in [4.69, 9.17) is 11.5 Å². The highest BCUT2D eigenvalue weighted by Gasteiger charge is 2.28. The van der Waals surface area contributed by atoms with Crippen LogP contribution in [0.15, 0.2) is 36.2 Å². The maximum Gasteiger partial charge on any atom is 0.134 e. The number of hydrogen-bond donors (Lipinski definition) is 3. The first kappa shape index (κ1) is 11.7. The van der Waals surface area contributed by atoms with Gasteiger partial charge in [0.25, 0.3) is 0 Å². The van der Waals surface area contributed by atoms with Crippen LogP contribution in [0.1, 0.15) is 22.3 Å². The lowest BCUT2D eigenvalue weighted by Gasteiger charge is -2.33. The van der Waals surface area contributed by atoms with Gasteiger partial charge in [-0.25, -0.2) is 0 Å². The summed E-state index contributed by atoms with van der Waals surface area (Å²) in [6.45, 7) is 6.24. The topological polar surface area (TPSA) is 64.1 Å². The minimum atomic E-state index is -0.708. The number of rotatable bonds is 1. The summed E-state index contributed by atoms with van der Waals surface area (Å²) in [7, 11) is 0. The van der Waals surface area contributed by atoms with Crippen molar-refractivity contribution >= 4 is 0 Å². The van der Waals surface area contributed by atoms with Gasteiger partial charge in [0.15, 0.2) is 0 Å². The number of allylic oxidation sites excluding steroid dienone is 1. The second-order valence-corrected chi connectivity index (χ2v) is 4.76. The predicted molar refractivity (Wildman–Crippen MR) is 71.1 cm³/mol. The number of hydrogen-bond acceptors (Lipinski definition) is 3. The Labute approximate surface area is 102 Å². The molecule has 3 nitrogen and oxygen atoms in total. The highest BCUT2D eigenvalue weighted by molar-refractivity contribution is 5.46. The fourth-order valence-electron chi connectivity index (χ4n) is 2.61. The van der Waals surface area contributed by atoms with Crippen molar-refractivity contribution in [2.75, 3.05) is 0 Å². The van der Waals surface area contributed by atoms with E-state index >= 15 is 0 Å². The molecule has 1 aliphatic rings. The van der Waals surface area contributed by atoms with Crippen LogP contribution in [-0.2, 0) is 5.66 Å². The normalized spacial score (nSPS) is 23.2. The summed E-state index contributed by atoms with van der Waals surface area (Å²) in [5, 5.41) is 3.18. The Kier molecular flexibility index (Phi) is 2.71. The zero-order valence-electron chi connectivity index (χ0n) is 10.5. The number of nitrogens with two attached hydrogens (primary N) is 2. The standard InChI is InChI=1S/C14H19N3/c1-9-6-10(2)13(11(3)7-9)14(16)8-12(15)4-5-17-14/h4-8,17H,15-16H2,1-3H3. The van der Waals surface area contributed by atoms with E-state index in [-0.39, 0.29) is 0 Å². The van der Waals surface area contributed by atoms with Gasteiger partial charge < -0.3 is 16.8 Å². The Hall–Kier alpha value is -1.74. The number of benzene rings is 1. The summed E-state index contributed by atoms with van der Waals surface area (Å²) in [6.07, 6.45) is 5.47. The highest BCUT2D eigenvalue weighted by atomic mass is 15.1. The van der Waals surface area contributed by atoms with E-state index in [0.717, 1.165) is 5.56 Å². The van der Waals surface area contributed by atoms with Crippen LogP contribution in [0.25, 0.3) is 0 Å². The van der Waals surface area contributed by atoms with Crippen molar-refractivity contribution in [3.05, 3.63) is 58.4 Å². The lowest BCUT2D eigenvalue weighted by molar-refractivity contribution is 0.484. The average molecular weight is 229 g/mol. The summed E-state index contributed by atoms with van der Waals surface area (Å²) < 4.78 is 0. The summed E-state index contributed by atoms with van der Waals surface area (Å²) in [4.78, 5) is 0. The summed E-state index contributed by atoms with van der Waals surface area (Å²) in [5.41, 5.74) is 16.9. The monoisotopic (exact) mass is 229 g/mol. The third kappa shape index (κ3) is 2.06. The maximum atomic E-state index is 6.40. The van der Waals surface area contributed by atoms with Crippen LogP contribution < -0.4 is 16.8 Å².